The molecule has 0 spiro atoms. The topological polar surface area (TPSA) is 64.1 Å². The molecule has 1 saturated carbocycles. The molecule has 0 unspecified atom stereocenters. The van der Waals surface area contributed by atoms with Gasteiger partial charge >= 0.3 is 0 Å². The number of benzene rings is 1. The van der Waals surface area contributed by atoms with Gasteiger partial charge in [-0.05, 0) is 37.7 Å². The second-order valence-electron chi connectivity index (χ2n) is 6.80. The maximum absolute atomic E-state index is 5.50. The monoisotopic (exact) mass is 491 g/mol. The summed E-state index contributed by atoms with van der Waals surface area (Å²) in [5.41, 5.74) is 1.35. The first-order valence-corrected chi connectivity index (χ1v) is 9.39. The fraction of sp³-hybridized carbons (Fsp3) is 0.650. The third-order valence-electron chi connectivity index (χ3n) is 5.12. The lowest BCUT2D eigenvalue weighted by Gasteiger charge is -2.42. The zero-order valence-electron chi connectivity index (χ0n) is 17.0. The highest BCUT2D eigenvalue weighted by Crippen LogP contribution is 2.43. The number of halogens is 1. The summed E-state index contributed by atoms with van der Waals surface area (Å²) in [6.45, 7) is 5.17. The van der Waals surface area contributed by atoms with Crippen LogP contribution < -0.4 is 20.1 Å². The SMILES string of the molecule is CCNC(=NCc1cccc(OC)c1OC)NCC1(CCOC)CCC1.I. The number of methoxy groups -OCH3 is 3. The third kappa shape index (κ3) is 6.71. The van der Waals surface area contributed by atoms with Crippen molar-refractivity contribution in [2.24, 2.45) is 10.4 Å². The Morgan fingerprint density at radius 2 is 1.93 bits per heavy atom. The number of para-hydroxylation sites is 1. The minimum Gasteiger partial charge on any atom is -0.493 e. The van der Waals surface area contributed by atoms with Crippen LogP contribution in [0.15, 0.2) is 23.2 Å². The number of nitrogens with zero attached hydrogens (tertiary/aromatic N) is 1. The first-order valence-electron chi connectivity index (χ1n) is 9.39. The Kier molecular flexibility index (Phi) is 10.8. The summed E-state index contributed by atoms with van der Waals surface area (Å²) in [5, 5.41) is 6.85. The number of hydrogen-bond acceptors (Lipinski definition) is 4. The van der Waals surface area contributed by atoms with Crippen LogP contribution in [0.2, 0.25) is 0 Å². The van der Waals surface area contributed by atoms with E-state index in [0.29, 0.717) is 12.0 Å². The minimum absolute atomic E-state index is 0. The molecule has 7 heteroatoms. The van der Waals surface area contributed by atoms with E-state index in [2.05, 4.69) is 17.6 Å². The highest BCUT2D eigenvalue weighted by atomic mass is 127. The number of aliphatic imine (C=N–C) groups is 1. The van der Waals surface area contributed by atoms with Crippen LogP contribution >= 0.6 is 24.0 Å². The number of guanidine groups is 1. The van der Waals surface area contributed by atoms with Crippen molar-refractivity contribution < 1.29 is 14.2 Å². The lowest BCUT2D eigenvalue weighted by Crippen LogP contribution is -2.46. The molecule has 0 saturated heterocycles. The quantitative estimate of drug-likeness (QED) is 0.298. The van der Waals surface area contributed by atoms with Crippen molar-refractivity contribution in [2.45, 2.75) is 39.2 Å². The van der Waals surface area contributed by atoms with Gasteiger partial charge < -0.3 is 24.8 Å². The molecule has 27 heavy (non-hydrogen) atoms. The van der Waals surface area contributed by atoms with Crippen LogP contribution in [-0.2, 0) is 11.3 Å². The highest BCUT2D eigenvalue weighted by Gasteiger charge is 2.36. The fourth-order valence-electron chi connectivity index (χ4n) is 3.37. The minimum atomic E-state index is 0. The predicted molar refractivity (Wildman–Crippen MR) is 121 cm³/mol. The number of nitrogens with one attached hydrogen (secondary N) is 2. The van der Waals surface area contributed by atoms with Crippen LogP contribution in [0, 0.1) is 5.41 Å². The largest absolute Gasteiger partial charge is 0.493 e. The Morgan fingerprint density at radius 3 is 2.48 bits per heavy atom. The molecule has 154 valence electrons. The van der Waals surface area contributed by atoms with Gasteiger partial charge in [0.1, 0.15) is 0 Å². The van der Waals surface area contributed by atoms with E-state index in [0.717, 1.165) is 49.1 Å². The lowest BCUT2D eigenvalue weighted by molar-refractivity contribution is 0.0732. The molecule has 0 heterocycles. The Bertz CT molecular complexity index is 592. The van der Waals surface area contributed by atoms with Gasteiger partial charge in [0.15, 0.2) is 17.5 Å². The molecule has 1 aromatic carbocycles. The Balaban J connectivity index is 0.00000364. The number of ether oxygens (including phenoxy) is 3. The summed E-state index contributed by atoms with van der Waals surface area (Å²) < 4.78 is 16.1. The predicted octanol–water partition coefficient (Wildman–Crippen LogP) is 3.58. The van der Waals surface area contributed by atoms with Gasteiger partial charge in [-0.3, -0.25) is 0 Å². The maximum atomic E-state index is 5.50. The fourth-order valence-corrected chi connectivity index (χ4v) is 3.37. The van der Waals surface area contributed by atoms with Crippen molar-refractivity contribution in [3.8, 4) is 11.5 Å². The average Bonchev–Trinajstić information content (AvgIpc) is 2.64. The first-order chi connectivity index (χ1) is 12.7. The third-order valence-corrected chi connectivity index (χ3v) is 5.12. The summed E-state index contributed by atoms with van der Waals surface area (Å²) >= 11 is 0. The van der Waals surface area contributed by atoms with Gasteiger partial charge in [-0.15, -0.1) is 24.0 Å². The summed E-state index contributed by atoms with van der Waals surface area (Å²) in [6.07, 6.45) is 4.92. The van der Waals surface area contributed by atoms with Crippen LogP contribution in [0.5, 0.6) is 11.5 Å². The number of rotatable bonds is 10. The molecule has 0 amide bonds. The van der Waals surface area contributed by atoms with E-state index in [1.165, 1.54) is 19.3 Å². The number of hydrogen-bond donors (Lipinski definition) is 2. The smallest absolute Gasteiger partial charge is 0.191 e. The molecule has 2 rings (SSSR count). The maximum Gasteiger partial charge on any atom is 0.191 e. The zero-order valence-corrected chi connectivity index (χ0v) is 19.3. The van der Waals surface area contributed by atoms with E-state index in [-0.39, 0.29) is 24.0 Å². The molecule has 0 atom stereocenters. The molecular formula is C20H34IN3O3. The Hall–Kier alpha value is -1.22. The normalized spacial score (nSPS) is 15.3. The van der Waals surface area contributed by atoms with Crippen LogP contribution in [0.25, 0.3) is 0 Å². The van der Waals surface area contributed by atoms with Gasteiger partial charge in [0.05, 0.1) is 20.8 Å². The molecule has 0 radical (unpaired) electrons. The lowest BCUT2D eigenvalue weighted by atomic mass is 9.67. The molecule has 2 N–H and O–H groups in total. The van der Waals surface area contributed by atoms with Gasteiger partial charge in [0.2, 0.25) is 0 Å². The molecule has 1 aliphatic rings. The van der Waals surface area contributed by atoms with Crippen LogP contribution in [0.1, 0.15) is 38.2 Å². The molecular weight excluding hydrogens is 457 g/mol. The van der Waals surface area contributed by atoms with Crippen molar-refractivity contribution in [1.82, 2.24) is 10.6 Å². The second kappa shape index (κ2) is 12.3. The van der Waals surface area contributed by atoms with Crippen LogP contribution in [0.4, 0.5) is 0 Å². The van der Waals surface area contributed by atoms with E-state index < -0.39 is 0 Å². The zero-order chi connectivity index (χ0) is 18.8. The van der Waals surface area contributed by atoms with Crippen molar-refractivity contribution in [3.63, 3.8) is 0 Å². The highest BCUT2D eigenvalue weighted by molar-refractivity contribution is 14.0. The van der Waals surface area contributed by atoms with E-state index in [1.54, 1.807) is 21.3 Å². The molecule has 6 nitrogen and oxygen atoms in total. The summed E-state index contributed by atoms with van der Waals surface area (Å²) in [7, 11) is 5.08. The van der Waals surface area contributed by atoms with E-state index in [4.69, 9.17) is 19.2 Å². The molecule has 0 aromatic heterocycles. The van der Waals surface area contributed by atoms with Crippen molar-refractivity contribution in [1.29, 1.82) is 0 Å². The molecule has 0 bridgehead atoms. The standard InChI is InChI=1S/C20H33N3O3.HI/c1-5-21-19(23-15-20(10-7-11-20)12-13-24-2)22-14-16-8-6-9-17(25-3)18(16)26-4;/h6,8-9H,5,7,10-15H2,1-4H3,(H2,21,22,23);1H. The Morgan fingerprint density at radius 1 is 1.15 bits per heavy atom. The Labute approximate surface area is 180 Å². The van der Waals surface area contributed by atoms with Gasteiger partial charge in [-0.2, -0.15) is 0 Å². The molecule has 0 aliphatic heterocycles. The van der Waals surface area contributed by atoms with Gasteiger partial charge in [-0.1, -0.05) is 18.6 Å². The van der Waals surface area contributed by atoms with Gasteiger partial charge in [0, 0.05) is 32.4 Å². The second-order valence-corrected chi connectivity index (χ2v) is 6.80. The van der Waals surface area contributed by atoms with E-state index in [9.17, 15) is 0 Å². The summed E-state index contributed by atoms with van der Waals surface area (Å²) in [4.78, 5) is 4.74. The van der Waals surface area contributed by atoms with Crippen LogP contribution in [0.3, 0.4) is 0 Å². The van der Waals surface area contributed by atoms with Gasteiger partial charge in [-0.25, -0.2) is 4.99 Å². The van der Waals surface area contributed by atoms with Gasteiger partial charge in [0.25, 0.3) is 0 Å². The summed E-state index contributed by atoms with van der Waals surface area (Å²) in [5.74, 6) is 2.30. The molecule has 1 aliphatic carbocycles. The van der Waals surface area contributed by atoms with Crippen molar-refractivity contribution in [3.05, 3.63) is 23.8 Å². The summed E-state index contributed by atoms with van der Waals surface area (Å²) in [6, 6.07) is 5.87. The van der Waals surface area contributed by atoms with Crippen LogP contribution in [-0.4, -0.2) is 47.0 Å². The molecule has 1 aromatic rings. The molecule has 1 fully saturated rings. The van der Waals surface area contributed by atoms with E-state index in [1.807, 2.05) is 18.2 Å². The first kappa shape index (κ1) is 23.8. The van der Waals surface area contributed by atoms with Crippen molar-refractivity contribution >= 4 is 29.9 Å². The average molecular weight is 491 g/mol. The van der Waals surface area contributed by atoms with Crippen molar-refractivity contribution in [2.75, 3.05) is 41.0 Å². The van der Waals surface area contributed by atoms with E-state index >= 15 is 0 Å².